The Morgan fingerprint density at radius 2 is 1.71 bits per heavy atom. The first-order valence-electron chi connectivity index (χ1n) is 10.5. The first-order chi connectivity index (χ1) is 16.2. The van der Waals surface area contributed by atoms with Crippen LogP contribution in [0.1, 0.15) is 15.9 Å². The van der Waals surface area contributed by atoms with Gasteiger partial charge in [-0.05, 0) is 48.5 Å². The van der Waals surface area contributed by atoms with Gasteiger partial charge >= 0.3 is 6.18 Å². The molecular formula is C24H22ClF3N4O2. The third-order valence-electron chi connectivity index (χ3n) is 5.55. The Morgan fingerprint density at radius 1 is 1.03 bits per heavy atom. The number of halogens is 4. The van der Waals surface area contributed by atoms with Crippen LogP contribution in [0, 0.1) is 0 Å². The summed E-state index contributed by atoms with van der Waals surface area (Å²) in [6, 6.07) is 15.3. The van der Waals surface area contributed by atoms with E-state index in [1.54, 1.807) is 31.4 Å². The Morgan fingerprint density at radius 3 is 2.32 bits per heavy atom. The van der Waals surface area contributed by atoms with Crippen LogP contribution in [0.15, 0.2) is 60.8 Å². The fourth-order valence-corrected chi connectivity index (χ4v) is 4.00. The van der Waals surface area contributed by atoms with Crippen molar-refractivity contribution in [1.82, 2.24) is 4.98 Å². The Bertz CT molecular complexity index is 1160. The minimum atomic E-state index is -4.48. The number of piperazine rings is 1. The summed E-state index contributed by atoms with van der Waals surface area (Å²) in [6.45, 7) is 2.42. The number of anilines is 3. The van der Waals surface area contributed by atoms with Crippen molar-refractivity contribution in [2.75, 3.05) is 48.4 Å². The summed E-state index contributed by atoms with van der Waals surface area (Å²) in [5, 5.41) is 2.85. The van der Waals surface area contributed by atoms with Crippen molar-refractivity contribution in [3.63, 3.8) is 0 Å². The molecule has 34 heavy (non-hydrogen) atoms. The summed E-state index contributed by atoms with van der Waals surface area (Å²) in [4.78, 5) is 20.5. The molecular weight excluding hydrogens is 469 g/mol. The summed E-state index contributed by atoms with van der Waals surface area (Å²) in [5.41, 5.74) is 1.27. The van der Waals surface area contributed by atoms with Crippen LogP contribution in [-0.2, 0) is 6.18 Å². The van der Waals surface area contributed by atoms with E-state index in [1.165, 1.54) is 0 Å². The first-order valence-corrected chi connectivity index (χ1v) is 10.9. The Labute approximate surface area is 199 Å². The van der Waals surface area contributed by atoms with Crippen molar-refractivity contribution in [3.8, 4) is 5.75 Å². The topological polar surface area (TPSA) is 57.7 Å². The van der Waals surface area contributed by atoms with Gasteiger partial charge < -0.3 is 19.9 Å². The molecule has 2 heterocycles. The van der Waals surface area contributed by atoms with Gasteiger partial charge in [0.25, 0.3) is 5.91 Å². The number of nitrogens with one attached hydrogen (secondary N) is 1. The molecule has 0 saturated carbocycles. The van der Waals surface area contributed by atoms with E-state index in [0.717, 1.165) is 18.0 Å². The lowest BCUT2D eigenvalue weighted by atomic mass is 10.2. The molecule has 0 spiro atoms. The Hall–Kier alpha value is -3.46. The molecule has 0 unspecified atom stereocenters. The van der Waals surface area contributed by atoms with E-state index in [1.807, 2.05) is 29.2 Å². The molecule has 1 aromatic heterocycles. The summed E-state index contributed by atoms with van der Waals surface area (Å²) < 4.78 is 43.7. The largest absolute Gasteiger partial charge is 0.497 e. The molecule has 1 saturated heterocycles. The molecule has 1 aliphatic rings. The van der Waals surface area contributed by atoms with Crippen LogP contribution >= 0.6 is 11.6 Å². The number of alkyl halides is 3. The molecule has 6 nitrogen and oxygen atoms in total. The maximum absolute atomic E-state index is 12.8. The van der Waals surface area contributed by atoms with E-state index in [9.17, 15) is 18.0 Å². The number of pyridine rings is 1. The van der Waals surface area contributed by atoms with Crippen molar-refractivity contribution >= 4 is 34.7 Å². The fourth-order valence-electron chi connectivity index (χ4n) is 3.72. The van der Waals surface area contributed by atoms with Gasteiger partial charge in [-0.3, -0.25) is 4.79 Å². The lowest BCUT2D eigenvalue weighted by Gasteiger charge is -2.37. The second-order valence-corrected chi connectivity index (χ2v) is 8.14. The van der Waals surface area contributed by atoms with E-state index in [-0.39, 0.29) is 10.9 Å². The molecule has 178 valence electrons. The highest BCUT2D eigenvalue weighted by Crippen LogP contribution is 2.34. The van der Waals surface area contributed by atoms with Gasteiger partial charge in [-0.2, -0.15) is 13.2 Å². The van der Waals surface area contributed by atoms with Crippen molar-refractivity contribution in [1.29, 1.82) is 0 Å². The summed E-state index contributed by atoms with van der Waals surface area (Å²) >= 11 is 6.08. The van der Waals surface area contributed by atoms with Gasteiger partial charge in [-0.1, -0.05) is 17.7 Å². The highest BCUT2D eigenvalue weighted by Gasteiger charge is 2.32. The molecule has 0 radical (unpaired) electrons. The standard InChI is InChI=1S/C24H22ClF3N4O2/c1-34-20-4-2-3-16(13-20)23(33)30-18-5-7-19(8-6-18)31-9-11-32(12-10-31)22-21(25)14-17(15-29-22)24(26,27)28/h2-8,13-15H,9-12H2,1H3,(H,30,33). The number of ether oxygens (including phenoxy) is 1. The van der Waals surface area contributed by atoms with Crippen LogP contribution in [0.3, 0.4) is 0 Å². The van der Waals surface area contributed by atoms with Crippen molar-refractivity contribution in [2.45, 2.75) is 6.18 Å². The lowest BCUT2D eigenvalue weighted by molar-refractivity contribution is -0.137. The van der Waals surface area contributed by atoms with Crippen molar-refractivity contribution in [2.24, 2.45) is 0 Å². The predicted octanol–water partition coefficient (Wildman–Crippen LogP) is 5.34. The number of carbonyl (C=O) groups excluding carboxylic acids is 1. The molecule has 2 aromatic carbocycles. The van der Waals surface area contributed by atoms with Gasteiger partial charge in [0.15, 0.2) is 0 Å². The third kappa shape index (κ3) is 5.36. The molecule has 10 heteroatoms. The normalized spacial score (nSPS) is 14.1. The van der Waals surface area contributed by atoms with Crippen LogP contribution in [0.2, 0.25) is 5.02 Å². The molecule has 4 rings (SSSR count). The average molecular weight is 491 g/mol. The molecule has 0 bridgehead atoms. The van der Waals surface area contributed by atoms with E-state index < -0.39 is 11.7 Å². The number of nitrogens with zero attached hydrogens (tertiary/aromatic N) is 3. The van der Waals surface area contributed by atoms with E-state index in [4.69, 9.17) is 16.3 Å². The number of benzene rings is 2. The average Bonchev–Trinajstić information content (AvgIpc) is 2.84. The molecule has 1 amide bonds. The minimum Gasteiger partial charge on any atom is -0.497 e. The molecule has 3 aromatic rings. The van der Waals surface area contributed by atoms with Crippen LogP contribution in [-0.4, -0.2) is 44.2 Å². The highest BCUT2D eigenvalue weighted by molar-refractivity contribution is 6.33. The van der Waals surface area contributed by atoms with Crippen molar-refractivity contribution in [3.05, 3.63) is 76.9 Å². The van der Waals surface area contributed by atoms with Crippen LogP contribution in [0.5, 0.6) is 5.75 Å². The van der Waals surface area contributed by atoms with E-state index in [0.29, 0.717) is 49.0 Å². The predicted molar refractivity (Wildman–Crippen MR) is 126 cm³/mol. The lowest BCUT2D eigenvalue weighted by Crippen LogP contribution is -2.47. The van der Waals surface area contributed by atoms with Gasteiger partial charge in [0.2, 0.25) is 0 Å². The minimum absolute atomic E-state index is 0.0144. The van der Waals surface area contributed by atoms with Crippen LogP contribution in [0.4, 0.5) is 30.4 Å². The SMILES string of the molecule is COc1cccc(C(=O)Nc2ccc(N3CCN(c4ncc(C(F)(F)F)cc4Cl)CC3)cc2)c1. The second-order valence-electron chi connectivity index (χ2n) is 7.73. The zero-order valence-electron chi connectivity index (χ0n) is 18.3. The van der Waals surface area contributed by atoms with E-state index in [2.05, 4.69) is 15.2 Å². The number of rotatable bonds is 5. The number of aromatic nitrogens is 1. The monoisotopic (exact) mass is 490 g/mol. The van der Waals surface area contributed by atoms with Gasteiger partial charge in [0.05, 0.1) is 17.7 Å². The zero-order valence-corrected chi connectivity index (χ0v) is 19.0. The quantitative estimate of drug-likeness (QED) is 0.523. The van der Waals surface area contributed by atoms with E-state index >= 15 is 0 Å². The van der Waals surface area contributed by atoms with Gasteiger partial charge in [0.1, 0.15) is 11.6 Å². The first kappa shape index (κ1) is 23.7. The van der Waals surface area contributed by atoms with Gasteiger partial charge in [-0.25, -0.2) is 4.98 Å². The smallest absolute Gasteiger partial charge is 0.417 e. The fraction of sp³-hybridized carbons (Fsp3) is 0.250. The molecule has 0 aliphatic carbocycles. The third-order valence-corrected chi connectivity index (χ3v) is 5.83. The van der Waals surface area contributed by atoms with Gasteiger partial charge in [0, 0.05) is 49.3 Å². The number of carbonyl (C=O) groups is 1. The Balaban J connectivity index is 1.35. The molecule has 1 aliphatic heterocycles. The van der Waals surface area contributed by atoms with Crippen molar-refractivity contribution < 1.29 is 22.7 Å². The number of amides is 1. The molecule has 1 fully saturated rings. The Kier molecular flexibility index (Phi) is 6.83. The number of hydrogen-bond donors (Lipinski definition) is 1. The zero-order chi connectivity index (χ0) is 24.3. The summed E-state index contributed by atoms with van der Waals surface area (Å²) in [5.74, 6) is 0.723. The summed E-state index contributed by atoms with van der Waals surface area (Å²) in [7, 11) is 1.55. The van der Waals surface area contributed by atoms with Gasteiger partial charge in [-0.15, -0.1) is 0 Å². The van der Waals surface area contributed by atoms with Crippen LogP contribution < -0.4 is 19.9 Å². The number of methoxy groups -OCH3 is 1. The summed E-state index contributed by atoms with van der Waals surface area (Å²) in [6.07, 6.45) is -3.67. The maximum Gasteiger partial charge on any atom is 0.417 e. The second kappa shape index (κ2) is 9.80. The highest BCUT2D eigenvalue weighted by atomic mass is 35.5. The maximum atomic E-state index is 12.8. The molecule has 1 N–H and O–H groups in total. The molecule has 0 atom stereocenters. The number of hydrogen-bond acceptors (Lipinski definition) is 5. The van der Waals surface area contributed by atoms with Crippen LogP contribution in [0.25, 0.3) is 0 Å².